The van der Waals surface area contributed by atoms with Crippen LogP contribution in [0, 0.1) is 0 Å². The van der Waals surface area contributed by atoms with Gasteiger partial charge in [0.05, 0.1) is 11.4 Å². The Morgan fingerprint density at radius 3 is 2.72 bits per heavy atom. The van der Waals surface area contributed by atoms with Gasteiger partial charge in [-0.2, -0.15) is 0 Å². The van der Waals surface area contributed by atoms with E-state index in [0.29, 0.717) is 22.9 Å². The van der Waals surface area contributed by atoms with Gasteiger partial charge in [-0.15, -0.1) is 0 Å². The Hall–Kier alpha value is -3.46. The molecule has 1 N–H and O–H groups in total. The summed E-state index contributed by atoms with van der Waals surface area (Å²) in [6.45, 7) is 3.35. The van der Waals surface area contributed by atoms with Crippen LogP contribution in [0.2, 0.25) is 0 Å². The molecular weight excluding hydrogens is 430 g/mol. The fourth-order valence-electron chi connectivity index (χ4n) is 3.41. The Morgan fingerprint density at radius 1 is 1.16 bits per heavy atom. The van der Waals surface area contributed by atoms with E-state index >= 15 is 0 Å². The summed E-state index contributed by atoms with van der Waals surface area (Å²) in [7, 11) is 0. The summed E-state index contributed by atoms with van der Waals surface area (Å²) in [4.78, 5) is 40.8. The molecule has 0 aliphatic carbocycles. The second-order valence-electron chi connectivity index (χ2n) is 7.15. The number of ether oxygens (including phenoxy) is 2. The highest BCUT2D eigenvalue weighted by molar-refractivity contribution is 8.18. The van der Waals surface area contributed by atoms with Crippen molar-refractivity contribution in [1.82, 2.24) is 10.2 Å². The zero-order valence-electron chi connectivity index (χ0n) is 17.6. The first-order valence-corrected chi connectivity index (χ1v) is 11.1. The molecule has 8 nitrogen and oxygen atoms in total. The molecule has 32 heavy (non-hydrogen) atoms. The maximum absolute atomic E-state index is 12.7. The maximum Gasteiger partial charge on any atom is 0.293 e. The van der Waals surface area contributed by atoms with Crippen LogP contribution in [-0.4, -0.2) is 54.9 Å². The smallest absolute Gasteiger partial charge is 0.293 e. The second-order valence-corrected chi connectivity index (χ2v) is 8.14. The molecule has 0 unspecified atom stereocenters. The van der Waals surface area contributed by atoms with Crippen molar-refractivity contribution < 1.29 is 23.9 Å². The van der Waals surface area contributed by atoms with Gasteiger partial charge in [-0.3, -0.25) is 19.3 Å². The molecule has 4 rings (SSSR count). The number of likely N-dealkylation sites (N-methyl/N-ethyl adjacent to an activating group) is 1. The van der Waals surface area contributed by atoms with Crippen molar-refractivity contribution in [3.8, 4) is 11.5 Å². The fourth-order valence-corrected chi connectivity index (χ4v) is 4.27. The SMILES string of the molecule is CCN(CC(=O)NCCN1C(=O)S/C(=C/c2ccc3c(c2)OCO3)C1=O)c1ccccc1. The third-order valence-electron chi connectivity index (χ3n) is 5.06. The first-order chi connectivity index (χ1) is 15.5. The molecule has 9 heteroatoms. The number of nitrogens with one attached hydrogen (secondary N) is 1. The Kier molecular flexibility index (Phi) is 6.65. The van der Waals surface area contributed by atoms with Crippen LogP contribution in [0.15, 0.2) is 53.4 Å². The maximum atomic E-state index is 12.7. The average molecular weight is 454 g/mol. The Morgan fingerprint density at radius 2 is 1.94 bits per heavy atom. The van der Waals surface area contributed by atoms with Crippen molar-refractivity contribution >= 4 is 40.6 Å². The average Bonchev–Trinajstić information content (AvgIpc) is 3.37. The molecule has 1 fully saturated rings. The number of fused-ring (bicyclic) bond motifs is 1. The van der Waals surface area contributed by atoms with Gasteiger partial charge in [0.1, 0.15) is 0 Å². The van der Waals surface area contributed by atoms with Crippen molar-refractivity contribution in [2.45, 2.75) is 6.92 Å². The number of hydrogen-bond acceptors (Lipinski definition) is 7. The largest absolute Gasteiger partial charge is 0.454 e. The fraction of sp³-hybridized carbons (Fsp3) is 0.261. The normalized spacial score (nSPS) is 16.0. The molecule has 0 radical (unpaired) electrons. The molecule has 2 aliphatic rings. The molecule has 2 aromatic rings. The van der Waals surface area contributed by atoms with Crippen molar-refractivity contribution in [1.29, 1.82) is 0 Å². The van der Waals surface area contributed by atoms with E-state index in [-0.39, 0.29) is 43.5 Å². The number of benzene rings is 2. The van der Waals surface area contributed by atoms with Crippen LogP contribution in [0.3, 0.4) is 0 Å². The predicted molar refractivity (Wildman–Crippen MR) is 123 cm³/mol. The van der Waals surface area contributed by atoms with Gasteiger partial charge in [-0.1, -0.05) is 24.3 Å². The van der Waals surface area contributed by atoms with Crippen LogP contribution >= 0.6 is 11.8 Å². The van der Waals surface area contributed by atoms with E-state index < -0.39 is 0 Å². The molecule has 0 atom stereocenters. The van der Waals surface area contributed by atoms with Crippen LogP contribution in [0.1, 0.15) is 12.5 Å². The molecule has 0 aromatic heterocycles. The Bertz CT molecular complexity index is 1060. The number of anilines is 1. The van der Waals surface area contributed by atoms with Gasteiger partial charge in [0.15, 0.2) is 11.5 Å². The lowest BCUT2D eigenvalue weighted by molar-refractivity contribution is -0.124. The Balaban J connectivity index is 1.30. The third kappa shape index (κ3) is 4.88. The highest BCUT2D eigenvalue weighted by Gasteiger charge is 2.34. The summed E-state index contributed by atoms with van der Waals surface area (Å²) < 4.78 is 10.6. The number of hydrogen-bond donors (Lipinski definition) is 1. The van der Waals surface area contributed by atoms with Gasteiger partial charge < -0.3 is 19.7 Å². The van der Waals surface area contributed by atoms with E-state index in [1.54, 1.807) is 24.3 Å². The topological polar surface area (TPSA) is 88.2 Å². The molecular formula is C23H23N3O5S. The van der Waals surface area contributed by atoms with E-state index in [1.165, 1.54) is 0 Å². The van der Waals surface area contributed by atoms with Gasteiger partial charge in [-0.25, -0.2) is 0 Å². The third-order valence-corrected chi connectivity index (χ3v) is 5.97. The summed E-state index contributed by atoms with van der Waals surface area (Å²) in [5.41, 5.74) is 1.71. The van der Waals surface area contributed by atoms with Gasteiger partial charge in [0.2, 0.25) is 12.7 Å². The molecule has 3 amide bonds. The quantitative estimate of drug-likeness (QED) is 0.615. The van der Waals surface area contributed by atoms with Crippen LogP contribution in [0.25, 0.3) is 6.08 Å². The number of rotatable bonds is 8. The highest BCUT2D eigenvalue weighted by Crippen LogP contribution is 2.36. The molecule has 2 aliphatic heterocycles. The summed E-state index contributed by atoms with van der Waals surface area (Å²) in [6.07, 6.45) is 1.66. The van der Waals surface area contributed by atoms with E-state index in [0.717, 1.165) is 27.9 Å². The number of carbonyl (C=O) groups excluding carboxylic acids is 3. The summed E-state index contributed by atoms with van der Waals surface area (Å²) >= 11 is 0.886. The number of nitrogens with zero attached hydrogens (tertiary/aromatic N) is 2. The molecule has 166 valence electrons. The minimum absolute atomic E-state index is 0.117. The lowest BCUT2D eigenvalue weighted by Gasteiger charge is -2.22. The van der Waals surface area contributed by atoms with Crippen molar-refractivity contribution in [3.63, 3.8) is 0 Å². The van der Waals surface area contributed by atoms with Gasteiger partial charge in [0, 0.05) is 25.3 Å². The van der Waals surface area contributed by atoms with Crippen LogP contribution in [-0.2, 0) is 9.59 Å². The molecule has 1 saturated heterocycles. The van der Waals surface area contributed by atoms with Crippen molar-refractivity contribution in [2.24, 2.45) is 0 Å². The van der Waals surface area contributed by atoms with E-state index in [4.69, 9.17) is 9.47 Å². The first-order valence-electron chi connectivity index (χ1n) is 10.3. The lowest BCUT2D eigenvalue weighted by atomic mass is 10.2. The second kappa shape index (κ2) is 9.78. The van der Waals surface area contributed by atoms with Gasteiger partial charge in [0.25, 0.3) is 11.1 Å². The molecule has 0 saturated carbocycles. The summed E-state index contributed by atoms with van der Waals surface area (Å²) in [5.74, 6) is 0.724. The van der Waals surface area contributed by atoms with Crippen molar-refractivity contribution in [3.05, 3.63) is 59.0 Å². The minimum Gasteiger partial charge on any atom is -0.454 e. The predicted octanol–water partition coefficient (Wildman–Crippen LogP) is 3.09. The van der Waals surface area contributed by atoms with Crippen LogP contribution < -0.4 is 19.7 Å². The molecule has 0 spiro atoms. The lowest BCUT2D eigenvalue weighted by Crippen LogP contribution is -2.41. The standard InChI is InChI=1S/C23H23N3O5S/c1-2-25(17-6-4-3-5-7-17)14-21(27)24-10-11-26-22(28)20(32-23(26)29)13-16-8-9-18-19(12-16)31-15-30-18/h3-9,12-13H,2,10-11,14-15H2,1H3,(H,24,27)/b20-13+. The number of imide groups is 1. The first kappa shape index (κ1) is 21.8. The monoisotopic (exact) mass is 453 g/mol. The zero-order valence-corrected chi connectivity index (χ0v) is 18.4. The van der Waals surface area contributed by atoms with Crippen LogP contribution in [0.5, 0.6) is 11.5 Å². The number of para-hydroxylation sites is 1. The summed E-state index contributed by atoms with van der Waals surface area (Å²) in [6, 6.07) is 15.0. The Labute approximate surface area is 190 Å². The van der Waals surface area contributed by atoms with E-state index in [2.05, 4.69) is 5.32 Å². The number of thioether (sulfide) groups is 1. The van der Waals surface area contributed by atoms with Gasteiger partial charge >= 0.3 is 0 Å². The molecule has 0 bridgehead atoms. The van der Waals surface area contributed by atoms with E-state index in [9.17, 15) is 14.4 Å². The van der Waals surface area contributed by atoms with Gasteiger partial charge in [-0.05, 0) is 54.6 Å². The van der Waals surface area contributed by atoms with Crippen LogP contribution in [0.4, 0.5) is 10.5 Å². The molecule has 2 aromatic carbocycles. The zero-order chi connectivity index (χ0) is 22.5. The van der Waals surface area contributed by atoms with Crippen molar-refractivity contribution in [2.75, 3.05) is 37.9 Å². The number of amides is 3. The number of carbonyl (C=O) groups is 3. The highest BCUT2D eigenvalue weighted by atomic mass is 32.2. The van der Waals surface area contributed by atoms with E-state index in [1.807, 2.05) is 42.2 Å². The summed E-state index contributed by atoms with van der Waals surface area (Å²) in [5, 5.41) is 2.44. The molecule has 2 heterocycles. The minimum atomic E-state index is -0.369.